The zero-order valence-electron chi connectivity index (χ0n) is 17.8. The molecule has 0 radical (unpaired) electrons. The quantitative estimate of drug-likeness (QED) is 0.610. The lowest BCUT2D eigenvalue weighted by Gasteiger charge is -2.35. The van der Waals surface area contributed by atoms with E-state index in [-0.39, 0.29) is 5.91 Å². The highest BCUT2D eigenvalue weighted by Gasteiger charge is 2.25. The number of benzene rings is 2. The summed E-state index contributed by atoms with van der Waals surface area (Å²) in [6.45, 7) is 5.12. The maximum atomic E-state index is 13.0. The lowest BCUT2D eigenvalue weighted by molar-refractivity contribution is 0.0742. The minimum Gasteiger partial charge on any atom is -0.497 e. The van der Waals surface area contributed by atoms with Gasteiger partial charge in [0, 0.05) is 37.8 Å². The summed E-state index contributed by atoms with van der Waals surface area (Å²) in [6, 6.07) is 17.2. The van der Waals surface area contributed by atoms with Crippen molar-refractivity contribution in [3.63, 3.8) is 0 Å². The van der Waals surface area contributed by atoms with E-state index >= 15 is 0 Å². The number of aromatic nitrogens is 2. The van der Waals surface area contributed by atoms with E-state index in [0.29, 0.717) is 44.1 Å². The van der Waals surface area contributed by atoms with E-state index in [4.69, 9.17) is 9.47 Å². The molecule has 2 aromatic carbocycles. The number of amides is 1. The summed E-state index contributed by atoms with van der Waals surface area (Å²) >= 11 is 0. The van der Waals surface area contributed by atoms with Crippen LogP contribution in [0.3, 0.4) is 0 Å². The number of para-hydroxylation sites is 1. The van der Waals surface area contributed by atoms with Gasteiger partial charge in [0.1, 0.15) is 23.6 Å². The van der Waals surface area contributed by atoms with Crippen LogP contribution in [0, 0.1) is 0 Å². The SMILES string of the molecule is CCOc1ccccc1C(=O)N1CCN(c2cc(-c3ccc(OC)cc3)ncn2)CC1. The predicted octanol–water partition coefficient (Wildman–Crippen LogP) is 3.51. The van der Waals surface area contributed by atoms with Gasteiger partial charge in [-0.3, -0.25) is 4.79 Å². The molecule has 0 atom stereocenters. The van der Waals surface area contributed by atoms with Crippen molar-refractivity contribution in [1.82, 2.24) is 14.9 Å². The van der Waals surface area contributed by atoms with Gasteiger partial charge in [0.05, 0.1) is 25.0 Å². The lowest BCUT2D eigenvalue weighted by Crippen LogP contribution is -2.49. The van der Waals surface area contributed by atoms with E-state index in [2.05, 4.69) is 14.9 Å². The molecule has 0 bridgehead atoms. The first-order valence-electron chi connectivity index (χ1n) is 10.4. The molecule has 160 valence electrons. The Morgan fingerprint density at radius 3 is 2.45 bits per heavy atom. The van der Waals surface area contributed by atoms with Gasteiger partial charge in [-0.05, 0) is 43.3 Å². The number of hydrogen-bond donors (Lipinski definition) is 0. The molecule has 1 amide bonds. The Kier molecular flexibility index (Phi) is 6.31. The minimum absolute atomic E-state index is 0.00492. The first-order valence-corrected chi connectivity index (χ1v) is 10.4. The summed E-state index contributed by atoms with van der Waals surface area (Å²) in [5.74, 6) is 2.31. The summed E-state index contributed by atoms with van der Waals surface area (Å²) in [5, 5.41) is 0. The molecule has 31 heavy (non-hydrogen) atoms. The van der Waals surface area contributed by atoms with Crippen molar-refractivity contribution >= 4 is 11.7 Å². The van der Waals surface area contributed by atoms with Crippen LogP contribution < -0.4 is 14.4 Å². The number of carbonyl (C=O) groups excluding carboxylic acids is 1. The molecule has 0 unspecified atom stereocenters. The van der Waals surface area contributed by atoms with Gasteiger partial charge in [0.25, 0.3) is 5.91 Å². The molecule has 4 rings (SSSR count). The van der Waals surface area contributed by atoms with Gasteiger partial charge >= 0.3 is 0 Å². The van der Waals surface area contributed by atoms with E-state index in [1.165, 1.54) is 0 Å². The van der Waals surface area contributed by atoms with Gasteiger partial charge in [-0.25, -0.2) is 9.97 Å². The Morgan fingerprint density at radius 1 is 1.00 bits per heavy atom. The van der Waals surface area contributed by atoms with Gasteiger partial charge < -0.3 is 19.3 Å². The Morgan fingerprint density at radius 2 is 1.74 bits per heavy atom. The number of anilines is 1. The first-order chi connectivity index (χ1) is 15.2. The highest BCUT2D eigenvalue weighted by molar-refractivity contribution is 5.97. The Hall–Kier alpha value is -3.61. The fourth-order valence-corrected chi connectivity index (χ4v) is 3.67. The number of ether oxygens (including phenoxy) is 2. The van der Waals surface area contributed by atoms with Gasteiger partial charge in [-0.1, -0.05) is 12.1 Å². The summed E-state index contributed by atoms with van der Waals surface area (Å²) < 4.78 is 10.9. The van der Waals surface area contributed by atoms with Crippen LogP contribution in [0.15, 0.2) is 60.9 Å². The Bertz CT molecular complexity index is 1030. The summed E-state index contributed by atoms with van der Waals surface area (Å²) in [5.41, 5.74) is 2.48. The molecular formula is C24H26N4O3. The molecule has 2 heterocycles. The van der Waals surface area contributed by atoms with Crippen molar-refractivity contribution in [2.75, 3.05) is 44.8 Å². The van der Waals surface area contributed by atoms with Crippen LogP contribution in [-0.2, 0) is 0 Å². The molecule has 0 aliphatic carbocycles. The molecule has 1 aliphatic rings. The van der Waals surface area contributed by atoms with Crippen molar-refractivity contribution in [2.24, 2.45) is 0 Å². The van der Waals surface area contributed by atoms with Crippen LogP contribution in [0.5, 0.6) is 11.5 Å². The number of nitrogens with zero attached hydrogens (tertiary/aromatic N) is 4. The Balaban J connectivity index is 1.44. The topological polar surface area (TPSA) is 67.8 Å². The summed E-state index contributed by atoms with van der Waals surface area (Å²) in [7, 11) is 1.65. The lowest BCUT2D eigenvalue weighted by atomic mass is 10.1. The number of piperazine rings is 1. The van der Waals surface area contributed by atoms with E-state index in [1.807, 2.05) is 66.4 Å². The van der Waals surface area contributed by atoms with Crippen LogP contribution in [0.25, 0.3) is 11.3 Å². The molecule has 7 nitrogen and oxygen atoms in total. The third-order valence-electron chi connectivity index (χ3n) is 5.35. The molecule has 1 saturated heterocycles. The van der Waals surface area contributed by atoms with Gasteiger partial charge in [0.15, 0.2) is 0 Å². The second kappa shape index (κ2) is 9.47. The van der Waals surface area contributed by atoms with Crippen molar-refractivity contribution in [3.05, 3.63) is 66.5 Å². The third kappa shape index (κ3) is 4.60. The zero-order chi connectivity index (χ0) is 21.6. The molecule has 0 spiro atoms. The summed E-state index contributed by atoms with van der Waals surface area (Å²) in [4.78, 5) is 26.0. The predicted molar refractivity (Wildman–Crippen MR) is 120 cm³/mol. The van der Waals surface area contributed by atoms with Crippen LogP contribution in [0.2, 0.25) is 0 Å². The molecule has 1 fully saturated rings. The largest absolute Gasteiger partial charge is 0.497 e. The molecular weight excluding hydrogens is 392 g/mol. The first kappa shape index (κ1) is 20.7. The van der Waals surface area contributed by atoms with E-state index in [1.54, 1.807) is 13.4 Å². The van der Waals surface area contributed by atoms with E-state index < -0.39 is 0 Å². The maximum Gasteiger partial charge on any atom is 0.257 e. The fourth-order valence-electron chi connectivity index (χ4n) is 3.67. The van der Waals surface area contributed by atoms with Crippen molar-refractivity contribution in [3.8, 4) is 22.8 Å². The minimum atomic E-state index is 0.00492. The average Bonchev–Trinajstić information content (AvgIpc) is 2.84. The Labute approximate surface area is 182 Å². The number of carbonyl (C=O) groups is 1. The van der Waals surface area contributed by atoms with Gasteiger partial charge in [-0.2, -0.15) is 0 Å². The van der Waals surface area contributed by atoms with Gasteiger partial charge in [-0.15, -0.1) is 0 Å². The molecule has 7 heteroatoms. The van der Waals surface area contributed by atoms with Crippen molar-refractivity contribution in [2.45, 2.75) is 6.92 Å². The number of methoxy groups -OCH3 is 1. The highest BCUT2D eigenvalue weighted by Crippen LogP contribution is 2.25. The second-order valence-corrected chi connectivity index (χ2v) is 7.20. The van der Waals surface area contributed by atoms with Crippen molar-refractivity contribution in [1.29, 1.82) is 0 Å². The van der Waals surface area contributed by atoms with Crippen LogP contribution in [0.4, 0.5) is 5.82 Å². The molecule has 0 N–H and O–H groups in total. The molecule has 1 aromatic heterocycles. The van der Waals surface area contributed by atoms with Crippen LogP contribution >= 0.6 is 0 Å². The van der Waals surface area contributed by atoms with Crippen LogP contribution in [-0.4, -0.2) is 60.7 Å². The highest BCUT2D eigenvalue weighted by atomic mass is 16.5. The third-order valence-corrected chi connectivity index (χ3v) is 5.35. The molecule has 0 saturated carbocycles. The normalized spacial score (nSPS) is 13.7. The number of rotatable bonds is 6. The van der Waals surface area contributed by atoms with E-state index in [0.717, 1.165) is 22.8 Å². The maximum absolute atomic E-state index is 13.0. The van der Waals surface area contributed by atoms with Gasteiger partial charge in [0.2, 0.25) is 0 Å². The second-order valence-electron chi connectivity index (χ2n) is 7.20. The van der Waals surface area contributed by atoms with Crippen molar-refractivity contribution < 1.29 is 14.3 Å². The molecule has 3 aromatic rings. The monoisotopic (exact) mass is 418 g/mol. The smallest absolute Gasteiger partial charge is 0.257 e. The molecule has 1 aliphatic heterocycles. The van der Waals surface area contributed by atoms with Crippen LogP contribution in [0.1, 0.15) is 17.3 Å². The van der Waals surface area contributed by atoms with E-state index in [9.17, 15) is 4.79 Å². The number of hydrogen-bond acceptors (Lipinski definition) is 6. The standard InChI is InChI=1S/C24H26N4O3/c1-3-31-22-7-5-4-6-20(22)24(29)28-14-12-27(13-15-28)23-16-21(25-17-26-23)18-8-10-19(30-2)11-9-18/h4-11,16-17H,3,12-15H2,1-2H3. The zero-order valence-corrected chi connectivity index (χ0v) is 17.8. The summed E-state index contributed by atoms with van der Waals surface area (Å²) in [6.07, 6.45) is 1.59. The average molecular weight is 418 g/mol. The fraction of sp³-hybridized carbons (Fsp3) is 0.292.